The average molecular weight is 179 g/mol. The number of hydrogen-bond donors (Lipinski definition) is 1. The molecule has 1 aromatic heterocycles. The molecule has 1 aromatic rings. The van der Waals surface area contributed by atoms with E-state index in [4.69, 9.17) is 4.42 Å². The zero-order chi connectivity index (χ0) is 9.10. The van der Waals surface area contributed by atoms with Crippen LogP contribution in [0.4, 0.5) is 0 Å². The summed E-state index contributed by atoms with van der Waals surface area (Å²) in [4.78, 5) is 11.3. The third kappa shape index (κ3) is 1.91. The maximum absolute atomic E-state index is 11.3. The summed E-state index contributed by atoms with van der Waals surface area (Å²) in [5.74, 6) is 0.995. The molecule has 0 bridgehead atoms. The van der Waals surface area contributed by atoms with Gasteiger partial charge in [-0.05, 0) is 30.9 Å². The van der Waals surface area contributed by atoms with Crippen molar-refractivity contribution in [2.45, 2.75) is 19.3 Å². The Morgan fingerprint density at radius 3 is 3.00 bits per heavy atom. The standard InChI is InChI=1S/C10H13NO2/c12-10(9-5-2-6-13-9)11-7-8-3-1-4-8/h2,5-6,8H,1,3-4,7H2,(H,11,12). The zero-order valence-electron chi connectivity index (χ0n) is 7.45. The Morgan fingerprint density at radius 2 is 2.46 bits per heavy atom. The molecule has 0 unspecified atom stereocenters. The molecule has 0 aromatic carbocycles. The lowest BCUT2D eigenvalue weighted by atomic mass is 9.85. The molecule has 0 atom stereocenters. The number of carbonyl (C=O) groups is 1. The third-order valence-corrected chi connectivity index (χ3v) is 2.52. The molecule has 0 saturated heterocycles. The summed E-state index contributed by atoms with van der Waals surface area (Å²) in [5, 5.41) is 2.85. The first-order valence-electron chi connectivity index (χ1n) is 4.68. The van der Waals surface area contributed by atoms with Crippen LogP contribution in [0, 0.1) is 5.92 Å². The first-order valence-corrected chi connectivity index (χ1v) is 4.68. The molecule has 1 N–H and O–H groups in total. The van der Waals surface area contributed by atoms with Crippen molar-refractivity contribution >= 4 is 5.91 Å². The van der Waals surface area contributed by atoms with Crippen molar-refractivity contribution < 1.29 is 9.21 Å². The van der Waals surface area contributed by atoms with Crippen LogP contribution in [0.15, 0.2) is 22.8 Å². The lowest BCUT2D eigenvalue weighted by molar-refractivity contribution is 0.0911. The zero-order valence-corrected chi connectivity index (χ0v) is 7.45. The van der Waals surface area contributed by atoms with Crippen molar-refractivity contribution in [3.63, 3.8) is 0 Å². The number of hydrogen-bond acceptors (Lipinski definition) is 2. The molecule has 1 heterocycles. The van der Waals surface area contributed by atoms with Crippen LogP contribution in [0.2, 0.25) is 0 Å². The molecular formula is C10H13NO2. The van der Waals surface area contributed by atoms with Crippen molar-refractivity contribution in [3.8, 4) is 0 Å². The van der Waals surface area contributed by atoms with Gasteiger partial charge in [-0.15, -0.1) is 0 Å². The van der Waals surface area contributed by atoms with Gasteiger partial charge in [0.25, 0.3) is 5.91 Å². The highest BCUT2D eigenvalue weighted by molar-refractivity contribution is 5.91. The minimum Gasteiger partial charge on any atom is -0.459 e. The maximum atomic E-state index is 11.3. The Balaban J connectivity index is 1.78. The lowest BCUT2D eigenvalue weighted by Crippen LogP contribution is -2.31. The number of rotatable bonds is 3. The van der Waals surface area contributed by atoms with Gasteiger partial charge >= 0.3 is 0 Å². The summed E-state index contributed by atoms with van der Waals surface area (Å²) in [6.45, 7) is 0.791. The summed E-state index contributed by atoms with van der Waals surface area (Å²) in [6, 6.07) is 3.40. The van der Waals surface area contributed by atoms with Gasteiger partial charge < -0.3 is 9.73 Å². The topological polar surface area (TPSA) is 42.2 Å². The molecule has 3 heteroatoms. The predicted molar refractivity (Wildman–Crippen MR) is 48.4 cm³/mol. The number of nitrogens with one attached hydrogen (secondary N) is 1. The first-order chi connectivity index (χ1) is 6.36. The molecule has 1 amide bonds. The van der Waals surface area contributed by atoms with E-state index in [1.807, 2.05) is 0 Å². The molecule has 1 aliphatic rings. The highest BCUT2D eigenvalue weighted by atomic mass is 16.3. The Bertz CT molecular complexity index is 275. The molecule has 0 radical (unpaired) electrons. The van der Waals surface area contributed by atoms with E-state index in [9.17, 15) is 4.79 Å². The second kappa shape index (κ2) is 3.64. The van der Waals surface area contributed by atoms with Crippen LogP contribution in [0.25, 0.3) is 0 Å². The minimum atomic E-state index is -0.100. The van der Waals surface area contributed by atoms with Crippen LogP contribution in [-0.4, -0.2) is 12.5 Å². The van der Waals surface area contributed by atoms with E-state index < -0.39 is 0 Å². The molecule has 1 saturated carbocycles. The average Bonchev–Trinajstić information content (AvgIpc) is 2.52. The van der Waals surface area contributed by atoms with Gasteiger partial charge in [0.15, 0.2) is 5.76 Å². The van der Waals surface area contributed by atoms with Crippen LogP contribution in [-0.2, 0) is 0 Å². The predicted octanol–water partition coefficient (Wildman–Crippen LogP) is 1.81. The first kappa shape index (κ1) is 8.35. The Labute approximate surface area is 77.1 Å². The normalized spacial score (nSPS) is 16.6. The van der Waals surface area contributed by atoms with Gasteiger partial charge in [-0.25, -0.2) is 0 Å². The van der Waals surface area contributed by atoms with Crippen molar-refractivity contribution in [2.75, 3.05) is 6.54 Å². The van der Waals surface area contributed by atoms with Gasteiger partial charge in [0, 0.05) is 6.54 Å². The smallest absolute Gasteiger partial charge is 0.286 e. The fraction of sp³-hybridized carbons (Fsp3) is 0.500. The van der Waals surface area contributed by atoms with E-state index in [0.29, 0.717) is 11.7 Å². The fourth-order valence-corrected chi connectivity index (χ4v) is 1.43. The number of furan rings is 1. The van der Waals surface area contributed by atoms with Crippen molar-refractivity contribution in [1.29, 1.82) is 0 Å². The number of carbonyl (C=O) groups excluding carboxylic acids is 1. The minimum absolute atomic E-state index is 0.100. The summed E-state index contributed by atoms with van der Waals surface area (Å²) in [7, 11) is 0. The quantitative estimate of drug-likeness (QED) is 0.768. The molecular weight excluding hydrogens is 166 g/mol. The molecule has 0 aliphatic heterocycles. The molecule has 3 nitrogen and oxygen atoms in total. The Morgan fingerprint density at radius 1 is 1.62 bits per heavy atom. The third-order valence-electron chi connectivity index (χ3n) is 2.52. The molecule has 2 rings (SSSR count). The van der Waals surface area contributed by atoms with Crippen molar-refractivity contribution in [3.05, 3.63) is 24.2 Å². The molecule has 13 heavy (non-hydrogen) atoms. The molecule has 1 aliphatic carbocycles. The molecule has 1 fully saturated rings. The van der Waals surface area contributed by atoms with Gasteiger partial charge in [-0.3, -0.25) is 4.79 Å². The highest BCUT2D eigenvalue weighted by Gasteiger charge is 2.18. The Kier molecular flexibility index (Phi) is 2.34. The van der Waals surface area contributed by atoms with E-state index in [1.165, 1.54) is 25.5 Å². The second-order valence-corrected chi connectivity index (χ2v) is 3.48. The van der Waals surface area contributed by atoms with Crippen LogP contribution in [0.5, 0.6) is 0 Å². The number of amides is 1. The van der Waals surface area contributed by atoms with Gasteiger partial charge in [-0.2, -0.15) is 0 Å². The lowest BCUT2D eigenvalue weighted by Gasteiger charge is -2.24. The van der Waals surface area contributed by atoms with E-state index in [0.717, 1.165) is 6.54 Å². The van der Waals surface area contributed by atoms with Crippen molar-refractivity contribution in [2.24, 2.45) is 5.92 Å². The summed E-state index contributed by atoms with van der Waals surface area (Å²) < 4.78 is 4.97. The largest absolute Gasteiger partial charge is 0.459 e. The van der Waals surface area contributed by atoms with E-state index in [2.05, 4.69) is 5.32 Å². The van der Waals surface area contributed by atoms with Gasteiger partial charge in [0.2, 0.25) is 0 Å². The fourth-order valence-electron chi connectivity index (χ4n) is 1.43. The molecule has 70 valence electrons. The highest BCUT2D eigenvalue weighted by Crippen LogP contribution is 2.25. The monoisotopic (exact) mass is 179 g/mol. The summed E-state index contributed by atoms with van der Waals surface area (Å²) in [6.07, 6.45) is 5.32. The second-order valence-electron chi connectivity index (χ2n) is 3.48. The van der Waals surface area contributed by atoms with Crippen molar-refractivity contribution in [1.82, 2.24) is 5.32 Å². The van der Waals surface area contributed by atoms with E-state index in [1.54, 1.807) is 12.1 Å². The molecule has 0 spiro atoms. The van der Waals surface area contributed by atoms with Crippen LogP contribution in [0.1, 0.15) is 29.8 Å². The van der Waals surface area contributed by atoms with Crippen LogP contribution < -0.4 is 5.32 Å². The maximum Gasteiger partial charge on any atom is 0.286 e. The van der Waals surface area contributed by atoms with E-state index in [-0.39, 0.29) is 5.91 Å². The summed E-state index contributed by atoms with van der Waals surface area (Å²) in [5.41, 5.74) is 0. The van der Waals surface area contributed by atoms with Gasteiger partial charge in [-0.1, -0.05) is 6.42 Å². The SMILES string of the molecule is O=C(NCC1CCC1)c1ccco1. The Hall–Kier alpha value is -1.25. The summed E-state index contributed by atoms with van der Waals surface area (Å²) >= 11 is 0. The van der Waals surface area contributed by atoms with E-state index >= 15 is 0 Å². The van der Waals surface area contributed by atoms with Crippen LogP contribution >= 0.6 is 0 Å². The van der Waals surface area contributed by atoms with Gasteiger partial charge in [0.05, 0.1) is 6.26 Å². The van der Waals surface area contributed by atoms with Gasteiger partial charge in [0.1, 0.15) is 0 Å². The van der Waals surface area contributed by atoms with Crippen LogP contribution in [0.3, 0.4) is 0 Å².